The van der Waals surface area contributed by atoms with Crippen LogP contribution in [0.15, 0.2) is 18.2 Å². The lowest BCUT2D eigenvalue weighted by molar-refractivity contribution is 0.355. The van der Waals surface area contributed by atoms with E-state index in [-0.39, 0.29) is 0 Å². The Labute approximate surface area is 114 Å². The third-order valence-corrected chi connectivity index (χ3v) is 4.13. The van der Waals surface area contributed by atoms with Gasteiger partial charge >= 0.3 is 10.2 Å². The average Bonchev–Trinajstić information content (AvgIpc) is 2.43. The monoisotopic (exact) mass is 288 g/mol. The lowest BCUT2D eigenvalue weighted by Crippen LogP contribution is -2.38. The van der Waals surface area contributed by atoms with E-state index in [1.165, 1.54) is 25.6 Å². The molecule has 1 N–H and O–H groups in total. The molecule has 0 radical (unpaired) electrons. The van der Waals surface area contributed by atoms with E-state index in [1.807, 2.05) is 6.92 Å². The topological polar surface area (TPSA) is 67.9 Å². The fourth-order valence-electron chi connectivity index (χ4n) is 1.49. The Morgan fingerprint density at radius 1 is 1.21 bits per heavy atom. The Morgan fingerprint density at radius 2 is 1.84 bits per heavy atom. The Bertz CT molecular complexity index is 516. The zero-order chi connectivity index (χ0) is 14.5. The van der Waals surface area contributed by atoms with E-state index < -0.39 is 10.2 Å². The molecule has 0 unspecified atom stereocenters. The summed E-state index contributed by atoms with van der Waals surface area (Å²) in [6, 6.07) is 4.94. The van der Waals surface area contributed by atoms with Gasteiger partial charge in [-0.2, -0.15) is 13.1 Å². The van der Waals surface area contributed by atoms with Crippen molar-refractivity contribution in [2.75, 3.05) is 32.1 Å². The van der Waals surface area contributed by atoms with Crippen molar-refractivity contribution >= 4 is 15.9 Å². The van der Waals surface area contributed by atoms with Gasteiger partial charge in [-0.05, 0) is 18.6 Å². The van der Waals surface area contributed by atoms with E-state index in [1.54, 1.807) is 18.2 Å². The zero-order valence-electron chi connectivity index (χ0n) is 11.6. The molecule has 0 heterocycles. The van der Waals surface area contributed by atoms with Crippen LogP contribution in [0, 0.1) is 0 Å². The second-order valence-electron chi connectivity index (χ2n) is 3.91. The van der Waals surface area contributed by atoms with Gasteiger partial charge in [0.2, 0.25) is 0 Å². The first-order valence-electron chi connectivity index (χ1n) is 5.91. The first-order chi connectivity index (χ1) is 8.96. The molecule has 1 rings (SSSR count). The van der Waals surface area contributed by atoms with Crippen molar-refractivity contribution in [3.63, 3.8) is 0 Å². The van der Waals surface area contributed by atoms with Gasteiger partial charge in [0.1, 0.15) is 0 Å². The third kappa shape index (κ3) is 3.74. The lowest BCUT2D eigenvalue weighted by Gasteiger charge is -2.20. The quantitative estimate of drug-likeness (QED) is 0.823. The van der Waals surface area contributed by atoms with Gasteiger partial charge in [-0.1, -0.05) is 6.92 Å². The Morgan fingerprint density at radius 3 is 2.37 bits per heavy atom. The SMILES string of the molecule is CCCNS(=O)(=O)N(C)c1ccc(OC)c(OC)c1. The summed E-state index contributed by atoms with van der Waals surface area (Å²) < 4.78 is 37.9. The van der Waals surface area contributed by atoms with Crippen molar-refractivity contribution in [1.29, 1.82) is 0 Å². The van der Waals surface area contributed by atoms with Gasteiger partial charge < -0.3 is 9.47 Å². The molecule has 0 bridgehead atoms. The van der Waals surface area contributed by atoms with Crippen molar-refractivity contribution in [2.24, 2.45) is 0 Å². The summed E-state index contributed by atoms with van der Waals surface area (Å²) in [6.07, 6.45) is 0.735. The molecule has 6 nitrogen and oxygen atoms in total. The maximum absolute atomic E-state index is 12.0. The highest BCUT2D eigenvalue weighted by atomic mass is 32.2. The summed E-state index contributed by atoms with van der Waals surface area (Å²) in [4.78, 5) is 0. The number of nitrogens with one attached hydrogen (secondary N) is 1. The van der Waals surface area contributed by atoms with Gasteiger partial charge in [-0.15, -0.1) is 0 Å². The molecule has 0 aliphatic rings. The average molecular weight is 288 g/mol. The molecule has 19 heavy (non-hydrogen) atoms. The van der Waals surface area contributed by atoms with E-state index in [0.717, 1.165) is 6.42 Å². The highest BCUT2D eigenvalue weighted by Crippen LogP contribution is 2.31. The summed E-state index contributed by atoms with van der Waals surface area (Å²) >= 11 is 0. The molecule has 1 aromatic carbocycles. The van der Waals surface area contributed by atoms with Crippen LogP contribution in [0.2, 0.25) is 0 Å². The first kappa shape index (κ1) is 15.6. The molecule has 7 heteroatoms. The van der Waals surface area contributed by atoms with Gasteiger partial charge in [-0.3, -0.25) is 4.31 Å². The van der Waals surface area contributed by atoms with E-state index in [2.05, 4.69) is 4.72 Å². The highest BCUT2D eigenvalue weighted by Gasteiger charge is 2.18. The second-order valence-corrected chi connectivity index (χ2v) is 5.69. The Hall–Kier alpha value is -1.47. The van der Waals surface area contributed by atoms with Crippen molar-refractivity contribution in [2.45, 2.75) is 13.3 Å². The van der Waals surface area contributed by atoms with Gasteiger partial charge in [0.15, 0.2) is 11.5 Å². The molecule has 0 saturated heterocycles. The minimum Gasteiger partial charge on any atom is -0.493 e. The van der Waals surface area contributed by atoms with Gasteiger partial charge in [0, 0.05) is 19.7 Å². The van der Waals surface area contributed by atoms with Crippen LogP contribution >= 0.6 is 0 Å². The van der Waals surface area contributed by atoms with Crippen molar-refractivity contribution in [1.82, 2.24) is 4.72 Å². The number of ether oxygens (including phenoxy) is 2. The van der Waals surface area contributed by atoms with Crippen LogP contribution in [0.1, 0.15) is 13.3 Å². The lowest BCUT2D eigenvalue weighted by atomic mass is 10.3. The van der Waals surface area contributed by atoms with Crippen LogP contribution in [0.3, 0.4) is 0 Å². The number of anilines is 1. The summed E-state index contributed by atoms with van der Waals surface area (Å²) in [6.45, 7) is 2.30. The molecule has 0 aliphatic heterocycles. The molecule has 0 saturated carbocycles. The van der Waals surface area contributed by atoms with Gasteiger partial charge in [-0.25, -0.2) is 0 Å². The zero-order valence-corrected chi connectivity index (χ0v) is 12.5. The maximum atomic E-state index is 12.0. The molecule has 0 aliphatic carbocycles. The summed E-state index contributed by atoms with van der Waals surface area (Å²) in [5, 5.41) is 0. The summed E-state index contributed by atoms with van der Waals surface area (Å²) in [5.74, 6) is 1.04. The Balaban J connectivity index is 3.03. The minimum atomic E-state index is -3.53. The molecule has 0 amide bonds. The summed E-state index contributed by atoms with van der Waals surface area (Å²) in [7, 11) is 0.986. The van der Waals surface area contributed by atoms with Crippen LogP contribution in [0.5, 0.6) is 11.5 Å². The van der Waals surface area contributed by atoms with Gasteiger partial charge in [0.25, 0.3) is 0 Å². The largest absolute Gasteiger partial charge is 0.493 e. The van der Waals surface area contributed by atoms with Crippen LogP contribution in [-0.2, 0) is 10.2 Å². The minimum absolute atomic E-state index is 0.403. The fourth-order valence-corrected chi connectivity index (χ4v) is 2.53. The number of methoxy groups -OCH3 is 2. The number of benzene rings is 1. The summed E-state index contributed by atoms with van der Waals surface area (Å²) in [5.41, 5.74) is 0.501. The fraction of sp³-hybridized carbons (Fsp3) is 0.500. The van der Waals surface area contributed by atoms with Crippen molar-refractivity contribution < 1.29 is 17.9 Å². The molecule has 1 aromatic rings. The van der Waals surface area contributed by atoms with E-state index >= 15 is 0 Å². The Kier molecular flexibility index (Phi) is 5.44. The van der Waals surface area contributed by atoms with Crippen LogP contribution in [-0.4, -0.2) is 36.2 Å². The molecular formula is C12H20N2O4S. The predicted molar refractivity (Wildman–Crippen MR) is 75.2 cm³/mol. The first-order valence-corrected chi connectivity index (χ1v) is 7.35. The number of hydrogen-bond donors (Lipinski definition) is 1. The molecular weight excluding hydrogens is 268 g/mol. The second kappa shape index (κ2) is 6.63. The number of nitrogens with zero attached hydrogens (tertiary/aromatic N) is 1. The van der Waals surface area contributed by atoms with Crippen LogP contribution in [0.4, 0.5) is 5.69 Å². The number of rotatable bonds is 7. The highest BCUT2D eigenvalue weighted by molar-refractivity contribution is 7.90. The van der Waals surface area contributed by atoms with E-state index in [0.29, 0.717) is 23.7 Å². The number of hydrogen-bond acceptors (Lipinski definition) is 4. The molecule has 108 valence electrons. The van der Waals surface area contributed by atoms with Crippen LogP contribution < -0.4 is 18.5 Å². The maximum Gasteiger partial charge on any atom is 0.301 e. The van der Waals surface area contributed by atoms with Crippen molar-refractivity contribution in [3.8, 4) is 11.5 Å². The van der Waals surface area contributed by atoms with E-state index in [9.17, 15) is 8.42 Å². The molecule has 0 atom stereocenters. The molecule has 0 fully saturated rings. The predicted octanol–water partition coefficient (Wildman–Crippen LogP) is 1.38. The van der Waals surface area contributed by atoms with Crippen molar-refractivity contribution in [3.05, 3.63) is 18.2 Å². The molecule has 0 aromatic heterocycles. The third-order valence-electron chi connectivity index (χ3n) is 2.63. The standard InChI is InChI=1S/C12H20N2O4S/c1-5-8-13-19(15,16)14(2)10-6-7-11(17-3)12(9-10)18-4/h6-7,9,13H,5,8H2,1-4H3. The molecule has 0 spiro atoms. The van der Waals surface area contributed by atoms with Crippen LogP contribution in [0.25, 0.3) is 0 Å². The van der Waals surface area contributed by atoms with Gasteiger partial charge in [0.05, 0.1) is 19.9 Å². The normalized spacial score (nSPS) is 11.2. The smallest absolute Gasteiger partial charge is 0.301 e. The van der Waals surface area contributed by atoms with E-state index in [4.69, 9.17) is 9.47 Å².